The summed E-state index contributed by atoms with van der Waals surface area (Å²) >= 11 is 0. The molecule has 0 saturated heterocycles. The van der Waals surface area contributed by atoms with E-state index in [0.29, 0.717) is 0 Å². The van der Waals surface area contributed by atoms with Crippen LogP contribution in [0.4, 0.5) is 0 Å². The fraction of sp³-hybridized carbons (Fsp3) is 0.417. The van der Waals surface area contributed by atoms with Crippen molar-refractivity contribution in [1.82, 2.24) is 20.0 Å². The topological polar surface area (TPSA) is 69.6 Å². The standard InChI is InChI=1S/C12H17N5/c1-4-17-10(7-15-16-17)11(13)12-9(3)5-8(2)6-14-12/h5-7,11H,4,13H2,1-3H3. The van der Waals surface area contributed by atoms with Crippen LogP contribution in [0.25, 0.3) is 0 Å². The van der Waals surface area contributed by atoms with Gasteiger partial charge in [-0.15, -0.1) is 5.10 Å². The van der Waals surface area contributed by atoms with Crippen molar-refractivity contribution < 1.29 is 0 Å². The van der Waals surface area contributed by atoms with Gasteiger partial charge in [0.05, 0.1) is 23.6 Å². The Morgan fingerprint density at radius 3 is 2.76 bits per heavy atom. The van der Waals surface area contributed by atoms with Crippen molar-refractivity contribution in [1.29, 1.82) is 0 Å². The molecule has 1 unspecified atom stereocenters. The van der Waals surface area contributed by atoms with E-state index in [4.69, 9.17) is 5.73 Å². The molecular weight excluding hydrogens is 214 g/mol. The molecule has 0 aliphatic carbocycles. The summed E-state index contributed by atoms with van der Waals surface area (Å²) in [6.07, 6.45) is 3.54. The van der Waals surface area contributed by atoms with Gasteiger partial charge in [-0.05, 0) is 31.9 Å². The minimum absolute atomic E-state index is 0.273. The van der Waals surface area contributed by atoms with Gasteiger partial charge in [0.15, 0.2) is 0 Å². The predicted octanol–water partition coefficient (Wildman–Crippen LogP) is 1.36. The highest BCUT2D eigenvalue weighted by molar-refractivity contribution is 5.29. The van der Waals surface area contributed by atoms with Crippen LogP contribution in [0.15, 0.2) is 18.5 Å². The maximum absolute atomic E-state index is 6.22. The smallest absolute Gasteiger partial charge is 0.0916 e. The second kappa shape index (κ2) is 4.63. The Bertz CT molecular complexity index is 517. The van der Waals surface area contributed by atoms with Crippen LogP contribution in [0, 0.1) is 13.8 Å². The molecule has 2 aromatic heterocycles. The number of pyridine rings is 1. The van der Waals surface area contributed by atoms with Gasteiger partial charge in [-0.3, -0.25) is 4.98 Å². The Morgan fingerprint density at radius 1 is 1.35 bits per heavy atom. The van der Waals surface area contributed by atoms with Gasteiger partial charge in [0.2, 0.25) is 0 Å². The van der Waals surface area contributed by atoms with Crippen molar-refractivity contribution >= 4 is 0 Å². The van der Waals surface area contributed by atoms with Gasteiger partial charge < -0.3 is 5.73 Å². The van der Waals surface area contributed by atoms with E-state index in [9.17, 15) is 0 Å². The van der Waals surface area contributed by atoms with Crippen LogP contribution in [-0.4, -0.2) is 20.0 Å². The summed E-state index contributed by atoms with van der Waals surface area (Å²) in [4.78, 5) is 4.42. The molecule has 2 heterocycles. The third kappa shape index (κ3) is 2.19. The Morgan fingerprint density at radius 2 is 2.12 bits per heavy atom. The molecular formula is C12H17N5. The highest BCUT2D eigenvalue weighted by Crippen LogP contribution is 2.20. The van der Waals surface area contributed by atoms with E-state index in [1.54, 1.807) is 10.9 Å². The van der Waals surface area contributed by atoms with E-state index in [-0.39, 0.29) is 6.04 Å². The summed E-state index contributed by atoms with van der Waals surface area (Å²) in [5, 5.41) is 7.88. The monoisotopic (exact) mass is 231 g/mol. The minimum Gasteiger partial charge on any atom is -0.318 e. The lowest BCUT2D eigenvalue weighted by molar-refractivity contribution is 0.577. The highest BCUT2D eigenvalue weighted by Gasteiger charge is 2.17. The van der Waals surface area contributed by atoms with Crippen molar-refractivity contribution in [2.24, 2.45) is 5.73 Å². The molecule has 0 bridgehead atoms. The van der Waals surface area contributed by atoms with Crippen LogP contribution < -0.4 is 5.73 Å². The Hall–Kier alpha value is -1.75. The molecule has 5 heteroatoms. The Kier molecular flexibility index (Phi) is 3.19. The zero-order valence-electron chi connectivity index (χ0n) is 10.4. The minimum atomic E-state index is -0.273. The Labute approximate surface area is 101 Å². The average molecular weight is 231 g/mol. The molecule has 0 aliphatic rings. The lowest BCUT2D eigenvalue weighted by Crippen LogP contribution is -2.19. The van der Waals surface area contributed by atoms with Crippen LogP contribution in [0.1, 0.15) is 35.5 Å². The van der Waals surface area contributed by atoms with E-state index in [2.05, 4.69) is 21.4 Å². The second-order valence-electron chi connectivity index (χ2n) is 4.17. The largest absolute Gasteiger partial charge is 0.318 e. The maximum Gasteiger partial charge on any atom is 0.0916 e. The number of aryl methyl sites for hydroxylation is 3. The first-order valence-corrected chi connectivity index (χ1v) is 5.70. The molecule has 0 spiro atoms. The third-order valence-electron chi connectivity index (χ3n) is 2.82. The van der Waals surface area contributed by atoms with Crippen molar-refractivity contribution in [3.05, 3.63) is 41.0 Å². The van der Waals surface area contributed by atoms with Crippen LogP contribution in [-0.2, 0) is 6.54 Å². The maximum atomic E-state index is 6.22. The number of nitrogens with zero attached hydrogens (tertiary/aromatic N) is 4. The summed E-state index contributed by atoms with van der Waals surface area (Å²) in [6.45, 7) is 6.82. The van der Waals surface area contributed by atoms with Crippen LogP contribution in [0.5, 0.6) is 0 Å². The normalized spacial score (nSPS) is 12.7. The molecule has 0 fully saturated rings. The van der Waals surface area contributed by atoms with Gasteiger partial charge in [-0.1, -0.05) is 11.3 Å². The van der Waals surface area contributed by atoms with E-state index >= 15 is 0 Å². The zero-order chi connectivity index (χ0) is 12.4. The molecule has 2 aromatic rings. The molecule has 0 saturated carbocycles. The fourth-order valence-electron chi connectivity index (χ4n) is 1.94. The quantitative estimate of drug-likeness (QED) is 0.865. The van der Waals surface area contributed by atoms with Crippen molar-refractivity contribution in [3.8, 4) is 0 Å². The van der Waals surface area contributed by atoms with E-state index in [0.717, 1.165) is 29.1 Å². The van der Waals surface area contributed by atoms with Crippen molar-refractivity contribution in [2.75, 3.05) is 0 Å². The molecule has 5 nitrogen and oxygen atoms in total. The van der Waals surface area contributed by atoms with Gasteiger partial charge in [-0.2, -0.15) is 0 Å². The molecule has 0 aromatic carbocycles. The molecule has 17 heavy (non-hydrogen) atoms. The SMILES string of the molecule is CCn1nncc1C(N)c1ncc(C)cc1C. The Balaban J connectivity index is 2.40. The first kappa shape index (κ1) is 11.7. The lowest BCUT2D eigenvalue weighted by atomic mass is 10.0. The van der Waals surface area contributed by atoms with E-state index in [1.165, 1.54) is 0 Å². The van der Waals surface area contributed by atoms with Crippen molar-refractivity contribution in [3.63, 3.8) is 0 Å². The molecule has 1 atom stereocenters. The second-order valence-corrected chi connectivity index (χ2v) is 4.17. The molecule has 90 valence electrons. The summed E-state index contributed by atoms with van der Waals surface area (Å²) in [7, 11) is 0. The lowest BCUT2D eigenvalue weighted by Gasteiger charge is -2.14. The van der Waals surface area contributed by atoms with Gasteiger partial charge in [0.25, 0.3) is 0 Å². The summed E-state index contributed by atoms with van der Waals surface area (Å²) in [5.74, 6) is 0. The fourth-order valence-corrected chi connectivity index (χ4v) is 1.94. The number of hydrogen-bond donors (Lipinski definition) is 1. The zero-order valence-corrected chi connectivity index (χ0v) is 10.4. The molecule has 0 amide bonds. The van der Waals surface area contributed by atoms with Crippen molar-refractivity contribution in [2.45, 2.75) is 33.4 Å². The first-order chi connectivity index (χ1) is 8.13. The van der Waals surface area contributed by atoms with Crippen LogP contribution >= 0.6 is 0 Å². The summed E-state index contributed by atoms with van der Waals surface area (Å²) in [6, 6.07) is 1.81. The van der Waals surface area contributed by atoms with Gasteiger partial charge in [0.1, 0.15) is 0 Å². The highest BCUT2D eigenvalue weighted by atomic mass is 15.4. The van der Waals surface area contributed by atoms with E-state index < -0.39 is 0 Å². The summed E-state index contributed by atoms with van der Waals surface area (Å²) in [5.41, 5.74) is 10.2. The average Bonchev–Trinajstić information content (AvgIpc) is 2.76. The molecule has 0 aliphatic heterocycles. The first-order valence-electron chi connectivity index (χ1n) is 5.70. The van der Waals surface area contributed by atoms with Crippen LogP contribution in [0.2, 0.25) is 0 Å². The summed E-state index contributed by atoms with van der Waals surface area (Å²) < 4.78 is 1.80. The number of hydrogen-bond acceptors (Lipinski definition) is 4. The molecule has 2 rings (SSSR count). The number of rotatable bonds is 3. The van der Waals surface area contributed by atoms with Crippen LogP contribution in [0.3, 0.4) is 0 Å². The van der Waals surface area contributed by atoms with Gasteiger partial charge in [0, 0.05) is 12.7 Å². The molecule has 2 N–H and O–H groups in total. The number of aromatic nitrogens is 4. The predicted molar refractivity (Wildman–Crippen MR) is 65.4 cm³/mol. The van der Waals surface area contributed by atoms with Gasteiger partial charge >= 0.3 is 0 Å². The van der Waals surface area contributed by atoms with Gasteiger partial charge in [-0.25, -0.2) is 4.68 Å². The third-order valence-corrected chi connectivity index (χ3v) is 2.82. The van der Waals surface area contributed by atoms with E-state index in [1.807, 2.05) is 27.0 Å². The number of nitrogens with two attached hydrogens (primary N) is 1. The molecule has 0 radical (unpaired) electrons.